The van der Waals surface area contributed by atoms with Gasteiger partial charge in [0.1, 0.15) is 11.9 Å². The Morgan fingerprint density at radius 1 is 1.70 bits per heavy atom. The average Bonchev–Trinajstić information content (AvgIpc) is 2.34. The molecule has 3 nitrogen and oxygen atoms in total. The van der Waals surface area contributed by atoms with Crippen molar-refractivity contribution in [2.75, 3.05) is 6.61 Å². The van der Waals surface area contributed by atoms with E-state index in [1.165, 1.54) is 6.26 Å². The molecule has 0 aromatic carbocycles. The Morgan fingerprint density at radius 2 is 2.40 bits per heavy atom. The molecule has 0 aliphatic heterocycles. The molecular weight excluding hydrogens is 132 g/mol. The van der Waals surface area contributed by atoms with Crippen molar-refractivity contribution in [3.8, 4) is 0 Å². The minimum Gasteiger partial charge on any atom is -0.466 e. The summed E-state index contributed by atoms with van der Waals surface area (Å²) < 4.78 is 4.91. The molecule has 1 aromatic heterocycles. The summed E-state index contributed by atoms with van der Waals surface area (Å²) in [4.78, 5) is 0. The van der Waals surface area contributed by atoms with E-state index in [1.54, 1.807) is 6.07 Å². The summed E-state index contributed by atoms with van der Waals surface area (Å²) in [6, 6.07) is 1.74. The quantitative estimate of drug-likeness (QED) is 0.636. The molecule has 1 rings (SSSR count). The fourth-order valence-corrected chi connectivity index (χ4v) is 0.809. The molecule has 1 atom stereocenters. The van der Waals surface area contributed by atoms with E-state index in [0.29, 0.717) is 5.76 Å². The third kappa shape index (κ3) is 1.20. The largest absolute Gasteiger partial charge is 0.466 e. The van der Waals surface area contributed by atoms with E-state index >= 15 is 0 Å². The van der Waals surface area contributed by atoms with Gasteiger partial charge in [0.15, 0.2) is 0 Å². The van der Waals surface area contributed by atoms with Gasteiger partial charge in [-0.25, -0.2) is 0 Å². The van der Waals surface area contributed by atoms with Crippen molar-refractivity contribution in [1.82, 2.24) is 0 Å². The molecule has 10 heavy (non-hydrogen) atoms. The van der Waals surface area contributed by atoms with Gasteiger partial charge in [0, 0.05) is 0 Å². The van der Waals surface area contributed by atoms with Gasteiger partial charge in [-0.1, -0.05) is 0 Å². The Kier molecular flexibility index (Phi) is 2.09. The van der Waals surface area contributed by atoms with Gasteiger partial charge in [-0.05, 0) is 18.6 Å². The maximum Gasteiger partial charge on any atom is 0.137 e. The number of hydrogen-bond acceptors (Lipinski definition) is 3. The van der Waals surface area contributed by atoms with Crippen LogP contribution in [0.25, 0.3) is 0 Å². The van der Waals surface area contributed by atoms with E-state index in [-0.39, 0.29) is 6.61 Å². The molecule has 0 aliphatic carbocycles. The van der Waals surface area contributed by atoms with Gasteiger partial charge < -0.3 is 14.6 Å². The van der Waals surface area contributed by atoms with Crippen LogP contribution in [0.2, 0.25) is 0 Å². The van der Waals surface area contributed by atoms with Crippen molar-refractivity contribution in [3.63, 3.8) is 0 Å². The lowest BCUT2D eigenvalue weighted by molar-refractivity contribution is 0.0769. The SMILES string of the molecule is Cc1ccoc1C(O)CO. The molecule has 0 spiro atoms. The second-order valence-electron chi connectivity index (χ2n) is 2.17. The number of rotatable bonds is 2. The number of aliphatic hydroxyl groups excluding tert-OH is 2. The first kappa shape index (κ1) is 7.31. The minimum atomic E-state index is -0.880. The molecule has 0 saturated heterocycles. The van der Waals surface area contributed by atoms with E-state index in [9.17, 15) is 0 Å². The van der Waals surface area contributed by atoms with Gasteiger partial charge in [-0.15, -0.1) is 0 Å². The third-order valence-corrected chi connectivity index (χ3v) is 1.38. The predicted molar refractivity (Wildman–Crippen MR) is 35.5 cm³/mol. The highest BCUT2D eigenvalue weighted by Crippen LogP contribution is 2.17. The summed E-state index contributed by atoms with van der Waals surface area (Å²) in [5.74, 6) is 0.447. The number of aryl methyl sites for hydroxylation is 1. The van der Waals surface area contributed by atoms with E-state index in [2.05, 4.69) is 0 Å². The van der Waals surface area contributed by atoms with Crippen LogP contribution in [0.4, 0.5) is 0 Å². The van der Waals surface area contributed by atoms with Gasteiger partial charge in [-0.2, -0.15) is 0 Å². The molecule has 1 heterocycles. The second kappa shape index (κ2) is 2.86. The Labute approximate surface area is 58.9 Å². The summed E-state index contributed by atoms with van der Waals surface area (Å²) in [6.45, 7) is 1.52. The molecular formula is C7H10O3. The Hall–Kier alpha value is -0.800. The third-order valence-electron chi connectivity index (χ3n) is 1.38. The molecule has 3 heteroatoms. The maximum absolute atomic E-state index is 9.06. The Bertz CT molecular complexity index is 204. The van der Waals surface area contributed by atoms with Crippen LogP contribution in [0.3, 0.4) is 0 Å². The average molecular weight is 142 g/mol. The lowest BCUT2D eigenvalue weighted by atomic mass is 10.2. The van der Waals surface area contributed by atoms with Crippen LogP contribution in [0.1, 0.15) is 17.4 Å². The van der Waals surface area contributed by atoms with E-state index in [4.69, 9.17) is 14.6 Å². The van der Waals surface area contributed by atoms with Gasteiger partial charge in [0.2, 0.25) is 0 Å². The summed E-state index contributed by atoms with van der Waals surface area (Å²) in [5, 5.41) is 17.6. The molecule has 0 aliphatic rings. The van der Waals surface area contributed by atoms with Crippen molar-refractivity contribution in [3.05, 3.63) is 23.7 Å². The van der Waals surface area contributed by atoms with Crippen LogP contribution in [-0.4, -0.2) is 16.8 Å². The number of furan rings is 1. The zero-order chi connectivity index (χ0) is 7.56. The van der Waals surface area contributed by atoms with E-state index in [0.717, 1.165) is 5.56 Å². The van der Waals surface area contributed by atoms with Crippen molar-refractivity contribution in [2.45, 2.75) is 13.0 Å². The molecule has 1 unspecified atom stereocenters. The van der Waals surface area contributed by atoms with Crippen LogP contribution in [0.5, 0.6) is 0 Å². The standard InChI is InChI=1S/C7H10O3/c1-5-2-3-10-7(5)6(9)4-8/h2-3,6,8-9H,4H2,1H3. The smallest absolute Gasteiger partial charge is 0.137 e. The second-order valence-corrected chi connectivity index (χ2v) is 2.17. The minimum absolute atomic E-state index is 0.297. The molecule has 0 fully saturated rings. The molecule has 56 valence electrons. The number of aliphatic hydroxyl groups is 2. The monoisotopic (exact) mass is 142 g/mol. The Balaban J connectivity index is 2.82. The lowest BCUT2D eigenvalue weighted by Crippen LogP contribution is -2.01. The molecule has 0 saturated carbocycles. The number of hydrogen-bond donors (Lipinski definition) is 2. The van der Waals surface area contributed by atoms with E-state index in [1.807, 2.05) is 6.92 Å². The van der Waals surface area contributed by atoms with Crippen molar-refractivity contribution >= 4 is 0 Å². The zero-order valence-electron chi connectivity index (χ0n) is 5.74. The first-order valence-electron chi connectivity index (χ1n) is 3.08. The fourth-order valence-electron chi connectivity index (χ4n) is 0.809. The van der Waals surface area contributed by atoms with Crippen LogP contribution < -0.4 is 0 Å². The van der Waals surface area contributed by atoms with Crippen molar-refractivity contribution in [2.24, 2.45) is 0 Å². The van der Waals surface area contributed by atoms with Crippen LogP contribution in [0.15, 0.2) is 16.7 Å². The Morgan fingerprint density at radius 3 is 2.80 bits per heavy atom. The maximum atomic E-state index is 9.06. The molecule has 0 amide bonds. The summed E-state index contributed by atoms with van der Waals surface area (Å²) in [6.07, 6.45) is 0.610. The van der Waals surface area contributed by atoms with Crippen molar-refractivity contribution < 1.29 is 14.6 Å². The summed E-state index contributed by atoms with van der Waals surface area (Å²) in [7, 11) is 0. The fraction of sp³-hybridized carbons (Fsp3) is 0.429. The zero-order valence-corrected chi connectivity index (χ0v) is 5.74. The van der Waals surface area contributed by atoms with Gasteiger partial charge in [0.05, 0.1) is 12.9 Å². The highest BCUT2D eigenvalue weighted by atomic mass is 16.4. The van der Waals surface area contributed by atoms with Crippen LogP contribution in [0, 0.1) is 6.92 Å². The molecule has 2 N–H and O–H groups in total. The summed E-state index contributed by atoms with van der Waals surface area (Å²) in [5.41, 5.74) is 0.863. The normalized spacial score (nSPS) is 13.5. The summed E-state index contributed by atoms with van der Waals surface area (Å²) >= 11 is 0. The predicted octanol–water partition coefficient (Wildman–Crippen LogP) is 0.614. The van der Waals surface area contributed by atoms with Crippen molar-refractivity contribution in [1.29, 1.82) is 0 Å². The topological polar surface area (TPSA) is 53.6 Å². The molecule has 0 bridgehead atoms. The molecule has 1 aromatic rings. The van der Waals surface area contributed by atoms with Gasteiger partial charge in [0.25, 0.3) is 0 Å². The first-order valence-corrected chi connectivity index (χ1v) is 3.08. The lowest BCUT2D eigenvalue weighted by Gasteiger charge is -2.02. The van der Waals surface area contributed by atoms with Gasteiger partial charge >= 0.3 is 0 Å². The van der Waals surface area contributed by atoms with E-state index < -0.39 is 6.10 Å². The highest BCUT2D eigenvalue weighted by Gasteiger charge is 2.11. The highest BCUT2D eigenvalue weighted by molar-refractivity contribution is 5.16. The van der Waals surface area contributed by atoms with Gasteiger partial charge in [-0.3, -0.25) is 0 Å². The van der Waals surface area contributed by atoms with Crippen LogP contribution in [-0.2, 0) is 0 Å². The molecule has 0 radical (unpaired) electrons. The first-order chi connectivity index (χ1) is 4.75. The van der Waals surface area contributed by atoms with Crippen LogP contribution >= 0.6 is 0 Å².